The normalized spacial score (nSPS) is 23.0. The van der Waals surface area contributed by atoms with Crippen LogP contribution in [-0.2, 0) is 9.59 Å². The zero-order valence-electron chi connectivity index (χ0n) is 9.08. The number of nitrogens with zero attached hydrogens (tertiary/aromatic N) is 1. The van der Waals surface area contributed by atoms with E-state index in [1.165, 1.54) is 0 Å². The van der Waals surface area contributed by atoms with Gasteiger partial charge in [-0.15, -0.1) is 0 Å². The number of amides is 1. The van der Waals surface area contributed by atoms with E-state index in [-0.39, 0.29) is 11.8 Å². The van der Waals surface area contributed by atoms with Gasteiger partial charge in [0, 0.05) is 32.4 Å². The third-order valence-electron chi connectivity index (χ3n) is 2.92. The lowest BCUT2D eigenvalue weighted by molar-refractivity contribution is -0.130. The van der Waals surface area contributed by atoms with Gasteiger partial charge in [0.15, 0.2) is 0 Å². The van der Waals surface area contributed by atoms with Crippen LogP contribution in [0.1, 0.15) is 39.5 Å². The molecule has 0 aromatic heterocycles. The Morgan fingerprint density at radius 2 is 2.07 bits per heavy atom. The van der Waals surface area contributed by atoms with Crippen molar-refractivity contribution in [1.29, 1.82) is 0 Å². The third kappa shape index (κ3) is 2.82. The van der Waals surface area contributed by atoms with E-state index < -0.39 is 0 Å². The molecule has 0 saturated carbocycles. The molecule has 1 heterocycles. The Morgan fingerprint density at radius 1 is 1.36 bits per heavy atom. The Kier molecular flexibility index (Phi) is 4.11. The second-order valence-corrected chi connectivity index (χ2v) is 3.98. The predicted molar refractivity (Wildman–Crippen MR) is 54.9 cm³/mol. The van der Waals surface area contributed by atoms with Gasteiger partial charge in [0.05, 0.1) is 0 Å². The molecule has 0 aliphatic carbocycles. The van der Waals surface area contributed by atoms with Crippen molar-refractivity contribution >= 4 is 11.7 Å². The highest BCUT2D eigenvalue weighted by atomic mass is 16.2. The first-order chi connectivity index (χ1) is 6.65. The monoisotopic (exact) mass is 197 g/mol. The minimum absolute atomic E-state index is 0.0893. The number of rotatable bonds is 2. The standard InChI is InChI=1S/C11H19NO2/c1-3-11(14)10-6-4-5-7-12(8-10)9(2)13/h10H,3-8H2,1-2H3. The molecule has 1 saturated heterocycles. The van der Waals surface area contributed by atoms with Crippen molar-refractivity contribution in [3.63, 3.8) is 0 Å². The maximum Gasteiger partial charge on any atom is 0.219 e. The summed E-state index contributed by atoms with van der Waals surface area (Å²) in [5, 5.41) is 0. The molecule has 1 unspecified atom stereocenters. The number of hydrogen-bond acceptors (Lipinski definition) is 2. The fourth-order valence-electron chi connectivity index (χ4n) is 1.98. The minimum Gasteiger partial charge on any atom is -0.342 e. The van der Waals surface area contributed by atoms with Crippen molar-refractivity contribution in [2.24, 2.45) is 5.92 Å². The molecule has 1 amide bonds. The average Bonchev–Trinajstić information content (AvgIpc) is 2.41. The van der Waals surface area contributed by atoms with Gasteiger partial charge in [-0.1, -0.05) is 13.3 Å². The van der Waals surface area contributed by atoms with Crippen LogP contribution in [0.4, 0.5) is 0 Å². The van der Waals surface area contributed by atoms with E-state index in [9.17, 15) is 9.59 Å². The Labute approximate surface area is 85.5 Å². The molecule has 1 rings (SSSR count). The van der Waals surface area contributed by atoms with Crippen LogP contribution >= 0.6 is 0 Å². The van der Waals surface area contributed by atoms with Gasteiger partial charge in [-0.25, -0.2) is 0 Å². The molecule has 1 aliphatic rings. The van der Waals surface area contributed by atoms with E-state index in [0.717, 1.165) is 25.8 Å². The van der Waals surface area contributed by atoms with Crippen LogP contribution in [-0.4, -0.2) is 29.7 Å². The van der Waals surface area contributed by atoms with Crippen LogP contribution in [0.15, 0.2) is 0 Å². The lowest BCUT2D eigenvalue weighted by Gasteiger charge is -2.22. The summed E-state index contributed by atoms with van der Waals surface area (Å²) in [6.07, 6.45) is 3.65. The summed E-state index contributed by atoms with van der Waals surface area (Å²) < 4.78 is 0. The highest BCUT2D eigenvalue weighted by Gasteiger charge is 2.23. The van der Waals surface area contributed by atoms with E-state index in [4.69, 9.17) is 0 Å². The van der Waals surface area contributed by atoms with Crippen molar-refractivity contribution in [1.82, 2.24) is 4.90 Å². The summed E-state index contributed by atoms with van der Waals surface area (Å²) in [5.41, 5.74) is 0. The summed E-state index contributed by atoms with van der Waals surface area (Å²) in [4.78, 5) is 24.6. The van der Waals surface area contributed by atoms with E-state index in [2.05, 4.69) is 0 Å². The van der Waals surface area contributed by atoms with Crippen molar-refractivity contribution in [3.8, 4) is 0 Å². The summed E-state index contributed by atoms with van der Waals surface area (Å²) in [6.45, 7) is 4.94. The fourth-order valence-corrected chi connectivity index (χ4v) is 1.98. The molecule has 1 atom stereocenters. The van der Waals surface area contributed by atoms with Gasteiger partial charge in [0.2, 0.25) is 5.91 Å². The molecular formula is C11H19NO2. The second-order valence-electron chi connectivity index (χ2n) is 3.98. The molecular weight excluding hydrogens is 178 g/mol. The highest BCUT2D eigenvalue weighted by molar-refractivity contribution is 5.82. The topological polar surface area (TPSA) is 37.4 Å². The van der Waals surface area contributed by atoms with E-state index in [1.807, 2.05) is 11.8 Å². The molecule has 0 aromatic carbocycles. The first kappa shape index (κ1) is 11.2. The molecule has 0 radical (unpaired) electrons. The Hall–Kier alpha value is -0.860. The molecule has 3 heteroatoms. The first-order valence-corrected chi connectivity index (χ1v) is 5.43. The Balaban J connectivity index is 2.59. The zero-order valence-corrected chi connectivity index (χ0v) is 9.08. The SMILES string of the molecule is CCC(=O)C1CCCCN(C(C)=O)C1. The van der Waals surface area contributed by atoms with Gasteiger partial charge in [0.25, 0.3) is 0 Å². The minimum atomic E-state index is 0.0893. The van der Waals surface area contributed by atoms with Gasteiger partial charge < -0.3 is 4.90 Å². The van der Waals surface area contributed by atoms with Gasteiger partial charge in [-0.3, -0.25) is 9.59 Å². The summed E-state index contributed by atoms with van der Waals surface area (Å²) in [5.74, 6) is 0.491. The first-order valence-electron chi connectivity index (χ1n) is 5.43. The lowest BCUT2D eigenvalue weighted by atomic mass is 9.97. The Morgan fingerprint density at radius 3 is 2.64 bits per heavy atom. The van der Waals surface area contributed by atoms with Crippen LogP contribution in [0.2, 0.25) is 0 Å². The highest BCUT2D eigenvalue weighted by Crippen LogP contribution is 2.18. The number of carbonyl (C=O) groups excluding carboxylic acids is 2. The molecule has 0 spiro atoms. The van der Waals surface area contributed by atoms with Crippen LogP contribution in [0.3, 0.4) is 0 Å². The van der Waals surface area contributed by atoms with Crippen molar-refractivity contribution in [2.45, 2.75) is 39.5 Å². The summed E-state index contributed by atoms with van der Waals surface area (Å²) >= 11 is 0. The maximum atomic E-state index is 11.5. The number of carbonyl (C=O) groups is 2. The number of Topliss-reactive ketones (excluding diaryl/α,β-unsaturated/α-hetero) is 1. The molecule has 80 valence electrons. The molecule has 0 bridgehead atoms. The van der Waals surface area contributed by atoms with Gasteiger partial charge >= 0.3 is 0 Å². The largest absolute Gasteiger partial charge is 0.342 e. The molecule has 3 nitrogen and oxygen atoms in total. The van der Waals surface area contributed by atoms with Crippen LogP contribution < -0.4 is 0 Å². The molecule has 1 aliphatic heterocycles. The zero-order chi connectivity index (χ0) is 10.6. The van der Waals surface area contributed by atoms with Crippen molar-refractivity contribution in [2.75, 3.05) is 13.1 Å². The van der Waals surface area contributed by atoms with Gasteiger partial charge in [0.1, 0.15) is 5.78 Å². The Bertz CT molecular complexity index is 225. The van der Waals surface area contributed by atoms with Crippen molar-refractivity contribution in [3.05, 3.63) is 0 Å². The van der Waals surface area contributed by atoms with Crippen molar-refractivity contribution < 1.29 is 9.59 Å². The quantitative estimate of drug-likeness (QED) is 0.674. The van der Waals surface area contributed by atoms with E-state index >= 15 is 0 Å². The molecule has 1 fully saturated rings. The van der Waals surface area contributed by atoms with Crippen LogP contribution in [0.25, 0.3) is 0 Å². The van der Waals surface area contributed by atoms with E-state index in [0.29, 0.717) is 18.7 Å². The second kappa shape index (κ2) is 5.13. The number of hydrogen-bond donors (Lipinski definition) is 0. The summed E-state index contributed by atoms with van der Waals surface area (Å²) in [7, 11) is 0. The lowest BCUT2D eigenvalue weighted by Crippen LogP contribution is -2.35. The third-order valence-corrected chi connectivity index (χ3v) is 2.92. The fraction of sp³-hybridized carbons (Fsp3) is 0.818. The maximum absolute atomic E-state index is 11.5. The molecule has 0 aromatic rings. The van der Waals surface area contributed by atoms with Crippen LogP contribution in [0.5, 0.6) is 0 Å². The van der Waals surface area contributed by atoms with Crippen LogP contribution in [0, 0.1) is 5.92 Å². The molecule has 0 N–H and O–H groups in total. The molecule has 14 heavy (non-hydrogen) atoms. The van der Waals surface area contributed by atoms with Gasteiger partial charge in [-0.05, 0) is 12.8 Å². The average molecular weight is 197 g/mol. The summed E-state index contributed by atoms with van der Waals surface area (Å²) in [6, 6.07) is 0. The predicted octanol–water partition coefficient (Wildman–Crippen LogP) is 1.61. The van der Waals surface area contributed by atoms with E-state index in [1.54, 1.807) is 6.92 Å². The van der Waals surface area contributed by atoms with Gasteiger partial charge in [-0.2, -0.15) is 0 Å². The number of ketones is 1. The number of likely N-dealkylation sites (tertiary alicyclic amines) is 1. The smallest absolute Gasteiger partial charge is 0.219 e.